The Labute approximate surface area is 110 Å². The topological polar surface area (TPSA) is 44.5 Å². The first-order valence-corrected chi connectivity index (χ1v) is 6.39. The second kappa shape index (κ2) is 6.32. The maximum absolute atomic E-state index is 5.70. The molecule has 0 aromatic heterocycles. The highest BCUT2D eigenvalue weighted by molar-refractivity contribution is 5.40. The normalized spacial score (nSPS) is 11.9. The maximum Gasteiger partial charge on any atom is 0.194 e. The summed E-state index contributed by atoms with van der Waals surface area (Å²) < 4.78 is 11.4. The molecule has 0 atom stereocenters. The molecular formula is C15H25NO2. The van der Waals surface area contributed by atoms with E-state index in [4.69, 9.17) is 15.2 Å². The van der Waals surface area contributed by atoms with Gasteiger partial charge in [-0.05, 0) is 44.9 Å². The number of hydrogen-bond donors (Lipinski definition) is 1. The van der Waals surface area contributed by atoms with Gasteiger partial charge in [0, 0.05) is 26.2 Å². The molecule has 0 saturated carbocycles. The third kappa shape index (κ3) is 2.91. The lowest BCUT2D eigenvalue weighted by atomic mass is 9.90. The average molecular weight is 251 g/mol. The van der Waals surface area contributed by atoms with Crippen molar-refractivity contribution < 1.29 is 9.47 Å². The third-order valence-electron chi connectivity index (χ3n) is 3.43. The Balaban J connectivity index is 3.28. The summed E-state index contributed by atoms with van der Waals surface area (Å²) in [5.41, 5.74) is 10.4. The van der Waals surface area contributed by atoms with Crippen LogP contribution in [0.25, 0.3) is 0 Å². The van der Waals surface area contributed by atoms with Crippen molar-refractivity contribution in [1.29, 1.82) is 0 Å². The van der Waals surface area contributed by atoms with Gasteiger partial charge in [-0.15, -0.1) is 0 Å². The van der Waals surface area contributed by atoms with Gasteiger partial charge in [0.25, 0.3) is 0 Å². The summed E-state index contributed by atoms with van der Waals surface area (Å²) in [6, 6.07) is 4.33. The number of methoxy groups -OCH3 is 2. The van der Waals surface area contributed by atoms with E-state index < -0.39 is 5.79 Å². The van der Waals surface area contributed by atoms with Crippen molar-refractivity contribution in [3.63, 3.8) is 0 Å². The van der Waals surface area contributed by atoms with Crippen molar-refractivity contribution >= 4 is 0 Å². The van der Waals surface area contributed by atoms with Crippen LogP contribution in [0.1, 0.15) is 35.1 Å². The molecule has 1 rings (SSSR count). The van der Waals surface area contributed by atoms with Gasteiger partial charge < -0.3 is 15.2 Å². The fraction of sp³-hybridized carbons (Fsp3) is 0.600. The van der Waals surface area contributed by atoms with Crippen molar-refractivity contribution in [2.75, 3.05) is 20.8 Å². The highest BCUT2D eigenvalue weighted by Crippen LogP contribution is 2.36. The van der Waals surface area contributed by atoms with Crippen LogP contribution in [0.3, 0.4) is 0 Å². The molecule has 0 spiro atoms. The summed E-state index contributed by atoms with van der Waals surface area (Å²) in [5, 5.41) is 0. The molecule has 1 aromatic carbocycles. The molecule has 3 heteroatoms. The zero-order chi connectivity index (χ0) is 13.8. The summed E-state index contributed by atoms with van der Waals surface area (Å²) in [5.74, 6) is -0.679. The number of nitrogens with two attached hydrogens (primary N) is 1. The van der Waals surface area contributed by atoms with Crippen molar-refractivity contribution in [1.82, 2.24) is 0 Å². The summed E-state index contributed by atoms with van der Waals surface area (Å²) in [4.78, 5) is 0. The van der Waals surface area contributed by atoms with E-state index in [0.29, 0.717) is 6.54 Å². The Morgan fingerprint density at radius 2 is 1.56 bits per heavy atom. The van der Waals surface area contributed by atoms with Crippen molar-refractivity contribution in [2.24, 2.45) is 5.73 Å². The molecule has 0 amide bonds. The lowest BCUT2D eigenvalue weighted by molar-refractivity contribution is -0.221. The Morgan fingerprint density at radius 3 is 1.94 bits per heavy atom. The zero-order valence-electron chi connectivity index (χ0n) is 12.2. The van der Waals surface area contributed by atoms with E-state index in [9.17, 15) is 0 Å². The first kappa shape index (κ1) is 15.2. The quantitative estimate of drug-likeness (QED) is 0.791. The van der Waals surface area contributed by atoms with Crippen LogP contribution < -0.4 is 5.73 Å². The van der Waals surface area contributed by atoms with Gasteiger partial charge in [-0.25, -0.2) is 0 Å². The van der Waals surface area contributed by atoms with Gasteiger partial charge in [-0.3, -0.25) is 0 Å². The highest BCUT2D eigenvalue weighted by atomic mass is 16.7. The van der Waals surface area contributed by atoms with Crippen molar-refractivity contribution in [2.45, 2.75) is 39.4 Å². The van der Waals surface area contributed by atoms with E-state index in [1.165, 1.54) is 16.7 Å². The zero-order valence-corrected chi connectivity index (χ0v) is 12.2. The van der Waals surface area contributed by atoms with E-state index in [2.05, 4.69) is 32.9 Å². The summed E-state index contributed by atoms with van der Waals surface area (Å²) in [6.45, 7) is 6.94. The van der Waals surface area contributed by atoms with Gasteiger partial charge in [0.1, 0.15) is 0 Å². The fourth-order valence-corrected chi connectivity index (χ4v) is 2.73. The Kier molecular flexibility index (Phi) is 5.32. The number of benzene rings is 1. The summed E-state index contributed by atoms with van der Waals surface area (Å²) in [7, 11) is 3.39. The van der Waals surface area contributed by atoms with Crippen LogP contribution >= 0.6 is 0 Å². The summed E-state index contributed by atoms with van der Waals surface area (Å²) >= 11 is 0. The van der Waals surface area contributed by atoms with Crippen LogP contribution in [-0.2, 0) is 15.3 Å². The number of hydrogen-bond acceptors (Lipinski definition) is 3. The molecule has 0 fully saturated rings. The van der Waals surface area contributed by atoms with Gasteiger partial charge in [0.15, 0.2) is 5.79 Å². The lowest BCUT2D eigenvalue weighted by Crippen LogP contribution is -2.33. The third-order valence-corrected chi connectivity index (χ3v) is 3.43. The molecule has 0 aliphatic carbocycles. The van der Waals surface area contributed by atoms with Crippen LogP contribution in [0.15, 0.2) is 12.1 Å². The smallest absolute Gasteiger partial charge is 0.194 e. The Morgan fingerprint density at radius 1 is 1.06 bits per heavy atom. The molecule has 2 N–H and O–H groups in total. The maximum atomic E-state index is 5.70. The van der Waals surface area contributed by atoms with Gasteiger partial charge in [-0.1, -0.05) is 17.7 Å². The summed E-state index contributed by atoms with van der Waals surface area (Å²) in [6.07, 6.45) is 1.63. The van der Waals surface area contributed by atoms with Crippen LogP contribution in [0, 0.1) is 20.8 Å². The molecule has 0 bridgehead atoms. The van der Waals surface area contributed by atoms with Gasteiger partial charge in [-0.2, -0.15) is 0 Å². The molecule has 0 saturated heterocycles. The molecule has 102 valence electrons. The molecule has 1 aromatic rings. The van der Waals surface area contributed by atoms with Crippen molar-refractivity contribution in [3.05, 3.63) is 34.4 Å². The Hall–Kier alpha value is -0.900. The van der Waals surface area contributed by atoms with Crippen LogP contribution in [0.2, 0.25) is 0 Å². The molecule has 0 aliphatic heterocycles. The second-order valence-corrected chi connectivity index (χ2v) is 4.83. The minimum atomic E-state index is -0.679. The largest absolute Gasteiger partial charge is 0.349 e. The van der Waals surface area contributed by atoms with Gasteiger partial charge in [0.05, 0.1) is 0 Å². The van der Waals surface area contributed by atoms with E-state index in [1.54, 1.807) is 14.2 Å². The fourth-order valence-electron chi connectivity index (χ4n) is 2.73. The number of ether oxygens (including phenoxy) is 2. The molecule has 0 heterocycles. The first-order valence-electron chi connectivity index (χ1n) is 6.39. The number of aryl methyl sites for hydroxylation is 3. The minimum absolute atomic E-state index is 0.637. The van der Waals surface area contributed by atoms with Gasteiger partial charge in [0.2, 0.25) is 0 Å². The SMILES string of the molecule is COC(CCCN)(OC)c1c(C)cc(C)cc1C. The van der Waals surface area contributed by atoms with Gasteiger partial charge >= 0.3 is 0 Å². The second-order valence-electron chi connectivity index (χ2n) is 4.83. The average Bonchev–Trinajstić information content (AvgIpc) is 2.32. The van der Waals surface area contributed by atoms with E-state index in [-0.39, 0.29) is 0 Å². The van der Waals surface area contributed by atoms with E-state index >= 15 is 0 Å². The predicted molar refractivity (Wildman–Crippen MR) is 74.6 cm³/mol. The molecule has 0 radical (unpaired) electrons. The first-order chi connectivity index (χ1) is 8.50. The Bertz CT molecular complexity index is 374. The predicted octanol–water partition coefficient (Wildman–Crippen LogP) is 2.80. The minimum Gasteiger partial charge on any atom is -0.349 e. The lowest BCUT2D eigenvalue weighted by Gasteiger charge is -2.34. The van der Waals surface area contributed by atoms with E-state index in [1.807, 2.05) is 0 Å². The highest BCUT2D eigenvalue weighted by Gasteiger charge is 2.34. The molecule has 3 nitrogen and oxygen atoms in total. The monoisotopic (exact) mass is 251 g/mol. The van der Waals surface area contributed by atoms with Crippen LogP contribution in [0.5, 0.6) is 0 Å². The van der Waals surface area contributed by atoms with Crippen LogP contribution in [0.4, 0.5) is 0 Å². The van der Waals surface area contributed by atoms with Crippen molar-refractivity contribution in [3.8, 4) is 0 Å². The number of rotatable bonds is 6. The molecule has 0 unspecified atom stereocenters. The molecule has 18 heavy (non-hydrogen) atoms. The van der Waals surface area contributed by atoms with Crippen LogP contribution in [-0.4, -0.2) is 20.8 Å². The standard InChI is InChI=1S/C15H25NO2/c1-11-9-12(2)14(13(3)10-11)15(17-4,18-5)7-6-8-16/h9-10H,6-8,16H2,1-5H3. The molecule has 0 aliphatic rings. The molecular weight excluding hydrogens is 226 g/mol. The van der Waals surface area contributed by atoms with E-state index in [0.717, 1.165) is 18.4 Å².